The second-order valence-corrected chi connectivity index (χ2v) is 8.74. The van der Waals surface area contributed by atoms with Crippen LogP contribution in [0.25, 0.3) is 0 Å². The van der Waals surface area contributed by atoms with Crippen molar-refractivity contribution in [3.05, 3.63) is 65.2 Å². The van der Waals surface area contributed by atoms with Crippen molar-refractivity contribution in [3.8, 4) is 17.6 Å². The lowest BCUT2D eigenvalue weighted by Gasteiger charge is -2.58. The van der Waals surface area contributed by atoms with Gasteiger partial charge in [-0.25, -0.2) is 0 Å². The summed E-state index contributed by atoms with van der Waals surface area (Å²) >= 11 is 0. The maximum atomic E-state index is 12.7. The fourth-order valence-electron chi connectivity index (χ4n) is 4.89. The molecule has 3 fully saturated rings. The minimum atomic E-state index is -0.237. The molecule has 2 aromatic rings. The average molecular weight is 431 g/mol. The molecule has 5 rings (SSSR count). The normalized spacial score (nSPS) is 24.2. The van der Waals surface area contributed by atoms with E-state index < -0.39 is 0 Å². The smallest absolute Gasteiger partial charge is 0.242 e. The number of hydrogen-bond acceptors (Lipinski definition) is 4. The van der Waals surface area contributed by atoms with Crippen LogP contribution in [0.5, 0.6) is 5.75 Å². The van der Waals surface area contributed by atoms with Crippen molar-refractivity contribution in [2.24, 2.45) is 5.92 Å². The Bertz CT molecular complexity index is 1100. The molecule has 0 radical (unpaired) electrons. The molecular formula is C26H26N2O4. The first kappa shape index (κ1) is 20.6. The number of aliphatic hydroxyl groups excluding tert-OH is 1. The van der Waals surface area contributed by atoms with Gasteiger partial charge in [-0.05, 0) is 48.7 Å². The molecule has 3 atom stereocenters. The average Bonchev–Trinajstić information content (AvgIpc) is 3.65. The van der Waals surface area contributed by atoms with Crippen molar-refractivity contribution in [2.75, 3.05) is 26.8 Å². The molecule has 1 saturated carbocycles. The summed E-state index contributed by atoms with van der Waals surface area (Å²) in [5.41, 5.74) is 2.83. The fraction of sp³-hybridized carbons (Fsp3) is 0.385. The maximum Gasteiger partial charge on any atom is 0.242 e. The highest BCUT2D eigenvalue weighted by Crippen LogP contribution is 2.43. The van der Waals surface area contributed by atoms with Gasteiger partial charge in [0.2, 0.25) is 11.8 Å². The van der Waals surface area contributed by atoms with Gasteiger partial charge in [0.05, 0.1) is 32.3 Å². The van der Waals surface area contributed by atoms with Crippen molar-refractivity contribution in [1.29, 1.82) is 0 Å². The number of rotatable bonds is 4. The Labute approximate surface area is 187 Å². The largest absolute Gasteiger partial charge is 0.497 e. The second kappa shape index (κ2) is 8.33. The summed E-state index contributed by atoms with van der Waals surface area (Å²) in [6.07, 6.45) is 1.86. The van der Waals surface area contributed by atoms with E-state index in [9.17, 15) is 14.7 Å². The van der Waals surface area contributed by atoms with Crippen LogP contribution < -0.4 is 4.74 Å². The van der Waals surface area contributed by atoms with Crippen molar-refractivity contribution in [2.45, 2.75) is 30.8 Å². The lowest BCUT2D eigenvalue weighted by atomic mass is 9.73. The third-order valence-corrected chi connectivity index (χ3v) is 6.71. The van der Waals surface area contributed by atoms with E-state index in [1.807, 2.05) is 48.5 Å². The summed E-state index contributed by atoms with van der Waals surface area (Å²) in [5, 5.41) is 9.95. The molecule has 2 saturated heterocycles. The van der Waals surface area contributed by atoms with Gasteiger partial charge in [-0.2, -0.15) is 0 Å². The van der Waals surface area contributed by atoms with Crippen LogP contribution >= 0.6 is 0 Å². The number of ether oxygens (including phenoxy) is 1. The van der Waals surface area contributed by atoms with Crippen LogP contribution in [0, 0.1) is 17.8 Å². The predicted molar refractivity (Wildman–Crippen MR) is 119 cm³/mol. The Hall–Kier alpha value is -3.30. The van der Waals surface area contributed by atoms with E-state index >= 15 is 0 Å². The number of fused-ring (bicyclic) bond motifs is 1. The van der Waals surface area contributed by atoms with Gasteiger partial charge in [-0.1, -0.05) is 30.0 Å². The highest BCUT2D eigenvalue weighted by molar-refractivity contribution is 5.89. The van der Waals surface area contributed by atoms with Gasteiger partial charge in [0.25, 0.3) is 0 Å². The molecule has 2 heterocycles. The van der Waals surface area contributed by atoms with Gasteiger partial charge in [0, 0.05) is 29.5 Å². The summed E-state index contributed by atoms with van der Waals surface area (Å²) < 4.78 is 5.24. The SMILES string of the molecule is COc1cccc(C#Cc2ccc([C@H]3[C@@H](CO)N4C(=O)CN(C(=O)C5CC5)C[C@H]34)cc2)c1. The molecule has 1 aliphatic carbocycles. The lowest BCUT2D eigenvalue weighted by Crippen LogP contribution is -2.73. The maximum absolute atomic E-state index is 12.7. The van der Waals surface area contributed by atoms with Crippen LogP contribution in [0.3, 0.4) is 0 Å². The van der Waals surface area contributed by atoms with E-state index in [0.717, 1.165) is 35.3 Å². The Kier molecular flexibility index (Phi) is 5.36. The highest BCUT2D eigenvalue weighted by atomic mass is 16.5. The molecule has 2 aromatic carbocycles. The number of carbonyl (C=O) groups excluding carboxylic acids is 2. The third-order valence-electron chi connectivity index (χ3n) is 6.71. The van der Waals surface area contributed by atoms with E-state index in [1.54, 1.807) is 16.9 Å². The topological polar surface area (TPSA) is 70.1 Å². The van der Waals surface area contributed by atoms with Crippen molar-refractivity contribution >= 4 is 11.8 Å². The van der Waals surface area contributed by atoms with E-state index in [-0.39, 0.29) is 48.9 Å². The van der Waals surface area contributed by atoms with Crippen LogP contribution in [0.2, 0.25) is 0 Å². The number of methoxy groups -OCH3 is 1. The van der Waals surface area contributed by atoms with E-state index in [2.05, 4.69) is 11.8 Å². The van der Waals surface area contributed by atoms with Gasteiger partial charge in [-0.15, -0.1) is 0 Å². The Morgan fingerprint density at radius 2 is 1.88 bits per heavy atom. The fourth-order valence-corrected chi connectivity index (χ4v) is 4.89. The Morgan fingerprint density at radius 3 is 2.56 bits per heavy atom. The van der Waals surface area contributed by atoms with E-state index in [4.69, 9.17) is 4.74 Å². The molecule has 0 unspecified atom stereocenters. The zero-order valence-electron chi connectivity index (χ0n) is 18.0. The minimum absolute atomic E-state index is 0.0131. The molecule has 0 spiro atoms. The third kappa shape index (κ3) is 3.74. The zero-order chi connectivity index (χ0) is 22.2. The molecule has 2 amide bonds. The molecule has 0 aromatic heterocycles. The molecule has 3 aliphatic rings. The van der Waals surface area contributed by atoms with E-state index in [0.29, 0.717) is 6.54 Å². The van der Waals surface area contributed by atoms with Crippen molar-refractivity contribution < 1.29 is 19.4 Å². The first-order valence-electron chi connectivity index (χ1n) is 11.1. The van der Waals surface area contributed by atoms with Crippen molar-refractivity contribution in [3.63, 3.8) is 0 Å². The number of nitrogens with zero attached hydrogens (tertiary/aromatic N) is 2. The van der Waals surface area contributed by atoms with Crippen molar-refractivity contribution in [1.82, 2.24) is 9.80 Å². The quantitative estimate of drug-likeness (QED) is 0.754. The van der Waals surface area contributed by atoms with Gasteiger partial charge < -0.3 is 19.6 Å². The number of aliphatic hydroxyl groups is 1. The second-order valence-electron chi connectivity index (χ2n) is 8.74. The summed E-state index contributed by atoms with van der Waals surface area (Å²) in [6, 6.07) is 15.3. The molecule has 32 heavy (non-hydrogen) atoms. The first-order chi connectivity index (χ1) is 15.6. The predicted octanol–water partition coefficient (Wildman–Crippen LogP) is 2.00. The number of benzene rings is 2. The summed E-state index contributed by atoms with van der Waals surface area (Å²) in [6.45, 7) is 0.592. The molecule has 164 valence electrons. The summed E-state index contributed by atoms with van der Waals surface area (Å²) in [5.74, 6) is 7.25. The molecule has 0 bridgehead atoms. The van der Waals surface area contributed by atoms with Crippen LogP contribution in [0.1, 0.15) is 35.4 Å². The van der Waals surface area contributed by atoms with Crippen LogP contribution in [0.15, 0.2) is 48.5 Å². The molecule has 6 nitrogen and oxygen atoms in total. The van der Waals surface area contributed by atoms with Crippen LogP contribution in [-0.2, 0) is 9.59 Å². The summed E-state index contributed by atoms with van der Waals surface area (Å²) in [4.78, 5) is 28.7. The van der Waals surface area contributed by atoms with Gasteiger partial charge in [0.1, 0.15) is 5.75 Å². The molecule has 2 aliphatic heterocycles. The number of piperazine rings is 1. The van der Waals surface area contributed by atoms with Crippen LogP contribution in [-0.4, -0.2) is 65.6 Å². The number of hydrogen-bond donors (Lipinski definition) is 1. The number of carbonyl (C=O) groups is 2. The summed E-state index contributed by atoms with van der Waals surface area (Å²) in [7, 11) is 1.63. The standard InChI is InChI=1S/C26H26N2O4/c1-32-21-4-2-3-18(13-21)6-5-17-7-9-19(10-8-17)25-22-14-27(26(31)20-11-12-20)15-24(30)28(22)23(25)16-29/h2-4,7-10,13,20,22-23,25,29H,11-12,14-16H2,1H3/t22-,23-,25-/m1/s1. The molecular weight excluding hydrogens is 404 g/mol. The number of amides is 2. The molecule has 1 N–H and O–H groups in total. The lowest BCUT2D eigenvalue weighted by molar-refractivity contribution is -0.167. The van der Waals surface area contributed by atoms with Gasteiger partial charge in [-0.3, -0.25) is 9.59 Å². The minimum Gasteiger partial charge on any atom is -0.497 e. The zero-order valence-corrected chi connectivity index (χ0v) is 18.0. The molecule has 6 heteroatoms. The first-order valence-corrected chi connectivity index (χ1v) is 11.1. The van der Waals surface area contributed by atoms with Crippen LogP contribution in [0.4, 0.5) is 0 Å². The van der Waals surface area contributed by atoms with E-state index in [1.165, 1.54) is 0 Å². The van der Waals surface area contributed by atoms with Gasteiger partial charge >= 0.3 is 0 Å². The monoisotopic (exact) mass is 430 g/mol. The highest BCUT2D eigenvalue weighted by Gasteiger charge is 2.55. The Balaban J connectivity index is 1.33. The van der Waals surface area contributed by atoms with Gasteiger partial charge in [0.15, 0.2) is 0 Å². The Morgan fingerprint density at radius 1 is 1.12 bits per heavy atom.